The second kappa shape index (κ2) is 7.27. The number of aliphatic hydroxyl groups excluding tert-OH is 1. The molecule has 0 radical (unpaired) electrons. The molecule has 0 amide bonds. The summed E-state index contributed by atoms with van der Waals surface area (Å²) < 4.78 is 0. The van der Waals surface area contributed by atoms with Crippen molar-refractivity contribution in [2.75, 3.05) is 0 Å². The Morgan fingerprint density at radius 3 is 2.53 bits per heavy atom. The third-order valence-electron chi connectivity index (χ3n) is 4.05. The zero-order valence-corrected chi connectivity index (χ0v) is 10.5. The summed E-state index contributed by atoms with van der Waals surface area (Å²) in [5.41, 5.74) is 0. The van der Waals surface area contributed by atoms with Gasteiger partial charge in [-0.1, -0.05) is 52.4 Å². The van der Waals surface area contributed by atoms with Crippen molar-refractivity contribution in [1.29, 1.82) is 0 Å². The minimum Gasteiger partial charge on any atom is -0.393 e. The Kier molecular flexibility index (Phi) is 6.31. The largest absolute Gasteiger partial charge is 0.393 e. The fourth-order valence-corrected chi connectivity index (χ4v) is 2.87. The lowest BCUT2D eigenvalue weighted by molar-refractivity contribution is 0.0545. The predicted molar refractivity (Wildman–Crippen MR) is 65.9 cm³/mol. The Labute approximate surface area is 95.3 Å². The second-order valence-electron chi connectivity index (χ2n) is 5.26. The Bertz CT molecular complexity index is 155. The zero-order chi connectivity index (χ0) is 11.1. The van der Waals surface area contributed by atoms with Gasteiger partial charge in [0.05, 0.1) is 6.10 Å². The van der Waals surface area contributed by atoms with Crippen molar-refractivity contribution >= 4 is 0 Å². The van der Waals surface area contributed by atoms with E-state index in [1.807, 2.05) is 0 Å². The van der Waals surface area contributed by atoms with E-state index in [-0.39, 0.29) is 6.10 Å². The fourth-order valence-electron chi connectivity index (χ4n) is 2.87. The lowest BCUT2D eigenvalue weighted by atomic mass is 9.79. The molecule has 0 aliphatic heterocycles. The van der Waals surface area contributed by atoms with E-state index in [0.717, 1.165) is 12.3 Å². The first-order valence-corrected chi connectivity index (χ1v) is 6.96. The molecule has 0 saturated heterocycles. The van der Waals surface area contributed by atoms with Crippen LogP contribution in [0.25, 0.3) is 0 Å². The van der Waals surface area contributed by atoms with Crippen LogP contribution in [0.15, 0.2) is 0 Å². The molecule has 0 aromatic rings. The maximum atomic E-state index is 9.94. The highest BCUT2D eigenvalue weighted by atomic mass is 16.3. The van der Waals surface area contributed by atoms with Crippen LogP contribution >= 0.6 is 0 Å². The van der Waals surface area contributed by atoms with Gasteiger partial charge in [0, 0.05) is 0 Å². The molecule has 3 atom stereocenters. The molecule has 0 spiro atoms. The van der Waals surface area contributed by atoms with Gasteiger partial charge in [0.15, 0.2) is 0 Å². The van der Waals surface area contributed by atoms with Crippen molar-refractivity contribution in [3.63, 3.8) is 0 Å². The number of hydrogen-bond donors (Lipinski definition) is 1. The molecule has 1 nitrogen and oxygen atoms in total. The van der Waals surface area contributed by atoms with Crippen molar-refractivity contribution in [3.8, 4) is 0 Å². The summed E-state index contributed by atoms with van der Waals surface area (Å²) in [6, 6.07) is 0. The molecule has 0 aromatic heterocycles. The van der Waals surface area contributed by atoms with Crippen LogP contribution in [0.5, 0.6) is 0 Å². The molecular formula is C14H28O. The topological polar surface area (TPSA) is 20.2 Å². The molecule has 1 aliphatic carbocycles. The summed E-state index contributed by atoms with van der Waals surface area (Å²) in [6.07, 6.45) is 11.5. The molecular weight excluding hydrogens is 184 g/mol. The Hall–Kier alpha value is -0.0400. The van der Waals surface area contributed by atoms with E-state index in [1.54, 1.807) is 0 Å². The van der Waals surface area contributed by atoms with Gasteiger partial charge in [-0.3, -0.25) is 0 Å². The molecule has 1 N–H and O–H groups in total. The average Bonchev–Trinajstić information content (AvgIpc) is 2.26. The van der Waals surface area contributed by atoms with Gasteiger partial charge in [-0.25, -0.2) is 0 Å². The zero-order valence-electron chi connectivity index (χ0n) is 10.5. The van der Waals surface area contributed by atoms with E-state index >= 15 is 0 Å². The van der Waals surface area contributed by atoms with Crippen LogP contribution in [0.2, 0.25) is 0 Å². The maximum Gasteiger partial charge on any atom is 0.0568 e. The Morgan fingerprint density at radius 1 is 1.20 bits per heavy atom. The molecule has 0 unspecified atom stereocenters. The van der Waals surface area contributed by atoms with Gasteiger partial charge in [-0.15, -0.1) is 0 Å². The molecule has 1 fully saturated rings. The van der Waals surface area contributed by atoms with E-state index in [2.05, 4.69) is 13.8 Å². The standard InChI is InChI=1S/C14H28O/c1-3-5-8-12(4-2)11-13-9-6-7-10-14(13)15/h12-15H,3-11H2,1-2H3/t12-,13+,14+/m0/s1. The molecule has 90 valence electrons. The number of unbranched alkanes of at least 4 members (excludes halogenated alkanes) is 1. The van der Waals surface area contributed by atoms with Crippen LogP contribution in [-0.4, -0.2) is 11.2 Å². The van der Waals surface area contributed by atoms with Crippen LogP contribution in [-0.2, 0) is 0 Å². The van der Waals surface area contributed by atoms with E-state index in [0.29, 0.717) is 5.92 Å². The summed E-state index contributed by atoms with van der Waals surface area (Å²) in [7, 11) is 0. The minimum atomic E-state index is 0.00873. The smallest absolute Gasteiger partial charge is 0.0568 e. The lowest BCUT2D eigenvalue weighted by Gasteiger charge is -2.30. The lowest BCUT2D eigenvalue weighted by Crippen LogP contribution is -2.26. The van der Waals surface area contributed by atoms with E-state index < -0.39 is 0 Å². The summed E-state index contributed by atoms with van der Waals surface area (Å²) >= 11 is 0. The van der Waals surface area contributed by atoms with E-state index in [1.165, 1.54) is 51.4 Å². The van der Waals surface area contributed by atoms with Crippen molar-refractivity contribution < 1.29 is 5.11 Å². The fraction of sp³-hybridized carbons (Fsp3) is 1.00. The number of aliphatic hydroxyl groups is 1. The third-order valence-corrected chi connectivity index (χ3v) is 4.05. The van der Waals surface area contributed by atoms with Gasteiger partial charge in [-0.05, 0) is 31.1 Å². The first kappa shape index (κ1) is 13.0. The number of hydrogen-bond acceptors (Lipinski definition) is 1. The van der Waals surface area contributed by atoms with Crippen LogP contribution < -0.4 is 0 Å². The van der Waals surface area contributed by atoms with Gasteiger partial charge in [0.25, 0.3) is 0 Å². The molecule has 0 heterocycles. The first-order valence-electron chi connectivity index (χ1n) is 6.96. The molecule has 0 aromatic carbocycles. The summed E-state index contributed by atoms with van der Waals surface area (Å²) in [5.74, 6) is 1.48. The van der Waals surface area contributed by atoms with Gasteiger partial charge in [0.1, 0.15) is 0 Å². The molecule has 0 bridgehead atoms. The van der Waals surface area contributed by atoms with Crippen molar-refractivity contribution in [2.24, 2.45) is 11.8 Å². The van der Waals surface area contributed by atoms with Gasteiger partial charge in [-0.2, -0.15) is 0 Å². The molecule has 1 aliphatic rings. The van der Waals surface area contributed by atoms with Crippen molar-refractivity contribution in [3.05, 3.63) is 0 Å². The SMILES string of the molecule is CCCC[C@H](CC)C[C@H]1CCCC[C@H]1O. The minimum absolute atomic E-state index is 0.00873. The third kappa shape index (κ3) is 4.55. The van der Waals surface area contributed by atoms with Crippen LogP contribution in [0, 0.1) is 11.8 Å². The summed E-state index contributed by atoms with van der Waals surface area (Å²) in [4.78, 5) is 0. The van der Waals surface area contributed by atoms with Crippen LogP contribution in [0.1, 0.15) is 71.6 Å². The monoisotopic (exact) mass is 212 g/mol. The van der Waals surface area contributed by atoms with Gasteiger partial charge >= 0.3 is 0 Å². The number of rotatable bonds is 6. The van der Waals surface area contributed by atoms with Crippen molar-refractivity contribution in [2.45, 2.75) is 77.7 Å². The second-order valence-corrected chi connectivity index (χ2v) is 5.26. The van der Waals surface area contributed by atoms with Crippen molar-refractivity contribution in [1.82, 2.24) is 0 Å². The van der Waals surface area contributed by atoms with Crippen LogP contribution in [0.4, 0.5) is 0 Å². The first-order chi connectivity index (χ1) is 7.27. The Morgan fingerprint density at radius 2 is 1.93 bits per heavy atom. The Balaban J connectivity index is 2.29. The predicted octanol–water partition coefficient (Wildman–Crippen LogP) is 4.14. The molecule has 1 rings (SSSR count). The maximum absolute atomic E-state index is 9.94. The molecule has 15 heavy (non-hydrogen) atoms. The van der Waals surface area contributed by atoms with E-state index in [4.69, 9.17) is 0 Å². The molecule has 1 heteroatoms. The summed E-state index contributed by atoms with van der Waals surface area (Å²) in [6.45, 7) is 4.57. The highest BCUT2D eigenvalue weighted by Gasteiger charge is 2.25. The van der Waals surface area contributed by atoms with E-state index in [9.17, 15) is 5.11 Å². The quantitative estimate of drug-likeness (QED) is 0.701. The summed E-state index contributed by atoms with van der Waals surface area (Å²) in [5, 5.41) is 9.94. The highest BCUT2D eigenvalue weighted by molar-refractivity contribution is 4.76. The highest BCUT2D eigenvalue weighted by Crippen LogP contribution is 2.32. The molecule has 1 saturated carbocycles. The average molecular weight is 212 g/mol. The van der Waals surface area contributed by atoms with Gasteiger partial charge < -0.3 is 5.11 Å². The van der Waals surface area contributed by atoms with Crippen LogP contribution in [0.3, 0.4) is 0 Å². The van der Waals surface area contributed by atoms with Gasteiger partial charge in [0.2, 0.25) is 0 Å². The normalized spacial score (nSPS) is 29.0.